The number of anilines is 2. The lowest BCUT2D eigenvalue weighted by molar-refractivity contribution is 0.416. The normalized spacial score (nSPS) is 10.8. The summed E-state index contributed by atoms with van der Waals surface area (Å²) >= 11 is 1.45. The number of aromatic nitrogens is 3. The molecule has 0 aliphatic heterocycles. The number of benzene rings is 1. The third kappa shape index (κ3) is 2.92. The lowest BCUT2D eigenvalue weighted by atomic mass is 10.3. The van der Waals surface area contributed by atoms with Crippen LogP contribution in [0.15, 0.2) is 23.6 Å². The highest BCUT2D eigenvalue weighted by Gasteiger charge is 2.15. The number of aryl methyl sites for hydroxylation is 2. The van der Waals surface area contributed by atoms with E-state index in [4.69, 9.17) is 4.74 Å². The molecule has 7 heteroatoms. The molecule has 120 valence electrons. The highest BCUT2D eigenvalue weighted by atomic mass is 32.1. The van der Waals surface area contributed by atoms with Gasteiger partial charge in [0.1, 0.15) is 23.1 Å². The topological polar surface area (TPSA) is 52.0 Å². The second-order valence-corrected chi connectivity index (χ2v) is 6.02. The van der Waals surface area contributed by atoms with Crippen molar-refractivity contribution in [3.8, 4) is 17.1 Å². The van der Waals surface area contributed by atoms with Crippen LogP contribution < -0.4 is 10.1 Å². The molecule has 2 aromatic heterocycles. The van der Waals surface area contributed by atoms with Gasteiger partial charge in [-0.25, -0.2) is 14.4 Å². The van der Waals surface area contributed by atoms with Crippen LogP contribution in [0, 0.1) is 19.7 Å². The Morgan fingerprint density at radius 1 is 1.26 bits per heavy atom. The van der Waals surface area contributed by atoms with Crippen LogP contribution in [0.25, 0.3) is 11.4 Å². The number of thiazole rings is 1. The molecule has 0 unspecified atom stereocenters. The lowest BCUT2D eigenvalue weighted by Gasteiger charge is -2.08. The van der Waals surface area contributed by atoms with Crippen LogP contribution >= 0.6 is 11.3 Å². The second kappa shape index (κ2) is 6.00. The van der Waals surface area contributed by atoms with Gasteiger partial charge in [-0.15, -0.1) is 11.3 Å². The summed E-state index contributed by atoms with van der Waals surface area (Å²) in [5.74, 6) is 1.17. The third-order valence-corrected chi connectivity index (χ3v) is 4.40. The first-order valence-corrected chi connectivity index (χ1v) is 7.94. The van der Waals surface area contributed by atoms with Crippen molar-refractivity contribution in [3.63, 3.8) is 0 Å². The Labute approximate surface area is 137 Å². The fraction of sp³-hybridized carbons (Fsp3) is 0.250. The fourth-order valence-electron chi connectivity index (χ4n) is 2.47. The Morgan fingerprint density at radius 2 is 2.04 bits per heavy atom. The predicted octanol–water partition coefficient (Wildman–Crippen LogP) is 4.05. The highest BCUT2D eigenvalue weighted by molar-refractivity contribution is 7.14. The summed E-state index contributed by atoms with van der Waals surface area (Å²) in [5.41, 5.74) is 3.31. The van der Waals surface area contributed by atoms with Crippen LogP contribution in [-0.2, 0) is 7.05 Å². The van der Waals surface area contributed by atoms with Crippen LogP contribution in [0.3, 0.4) is 0 Å². The zero-order valence-electron chi connectivity index (χ0n) is 13.3. The minimum absolute atomic E-state index is 0.330. The smallest absolute Gasteiger partial charge is 0.187 e. The number of ether oxygens (including phenoxy) is 1. The summed E-state index contributed by atoms with van der Waals surface area (Å²) in [6, 6.07) is 4.33. The SMILES string of the molecule is COc1ccc(F)cc1Nc1nc(-c2c(C)nc(C)n2C)cs1. The van der Waals surface area contributed by atoms with Gasteiger partial charge in [0, 0.05) is 18.5 Å². The summed E-state index contributed by atoms with van der Waals surface area (Å²) < 4.78 is 20.7. The Balaban J connectivity index is 1.93. The zero-order valence-corrected chi connectivity index (χ0v) is 14.2. The molecule has 23 heavy (non-hydrogen) atoms. The number of nitrogens with zero attached hydrogens (tertiary/aromatic N) is 3. The summed E-state index contributed by atoms with van der Waals surface area (Å²) in [6.45, 7) is 3.92. The van der Waals surface area contributed by atoms with Crippen LogP contribution in [0.2, 0.25) is 0 Å². The molecule has 1 aromatic carbocycles. The molecule has 3 aromatic rings. The standard InChI is InChI=1S/C16H17FN4OS/c1-9-15(21(3)10(2)18-9)13-8-23-16(20-13)19-12-7-11(17)5-6-14(12)22-4/h5-8H,1-4H3,(H,19,20). The summed E-state index contributed by atoms with van der Waals surface area (Å²) in [6.07, 6.45) is 0. The molecule has 3 rings (SSSR count). The number of imidazole rings is 1. The monoisotopic (exact) mass is 332 g/mol. The quantitative estimate of drug-likeness (QED) is 0.783. The largest absolute Gasteiger partial charge is 0.495 e. The van der Waals surface area contributed by atoms with E-state index < -0.39 is 0 Å². The molecule has 0 bridgehead atoms. The van der Waals surface area contributed by atoms with E-state index in [0.29, 0.717) is 16.6 Å². The van der Waals surface area contributed by atoms with E-state index in [0.717, 1.165) is 22.9 Å². The Kier molecular flexibility index (Phi) is 4.04. The third-order valence-electron chi connectivity index (χ3n) is 3.64. The van der Waals surface area contributed by atoms with Crippen molar-refractivity contribution in [2.24, 2.45) is 7.05 Å². The van der Waals surface area contributed by atoms with Gasteiger partial charge in [0.25, 0.3) is 0 Å². The molecule has 0 aliphatic rings. The molecule has 0 radical (unpaired) electrons. The van der Waals surface area contributed by atoms with E-state index in [1.807, 2.05) is 30.8 Å². The number of halogens is 1. The number of nitrogens with one attached hydrogen (secondary N) is 1. The predicted molar refractivity (Wildman–Crippen MR) is 90.0 cm³/mol. The van der Waals surface area contributed by atoms with E-state index >= 15 is 0 Å². The molecule has 0 spiro atoms. The minimum Gasteiger partial charge on any atom is -0.495 e. The van der Waals surface area contributed by atoms with Crippen LogP contribution in [0.5, 0.6) is 5.75 Å². The molecule has 0 aliphatic carbocycles. The van der Waals surface area contributed by atoms with Crippen molar-refractivity contribution in [2.75, 3.05) is 12.4 Å². The summed E-state index contributed by atoms with van der Waals surface area (Å²) in [4.78, 5) is 9.04. The molecule has 0 amide bonds. The van der Waals surface area contributed by atoms with Crippen molar-refractivity contribution >= 4 is 22.2 Å². The van der Waals surface area contributed by atoms with Crippen molar-refractivity contribution in [1.82, 2.24) is 14.5 Å². The van der Waals surface area contributed by atoms with Crippen molar-refractivity contribution in [1.29, 1.82) is 0 Å². The molecular weight excluding hydrogens is 315 g/mol. The first-order valence-electron chi connectivity index (χ1n) is 7.06. The van der Waals surface area contributed by atoms with Crippen molar-refractivity contribution in [2.45, 2.75) is 13.8 Å². The van der Waals surface area contributed by atoms with Gasteiger partial charge < -0.3 is 14.6 Å². The van der Waals surface area contributed by atoms with Crippen LogP contribution in [0.1, 0.15) is 11.5 Å². The number of hydrogen-bond donors (Lipinski definition) is 1. The van der Waals surface area contributed by atoms with E-state index in [-0.39, 0.29) is 5.82 Å². The van der Waals surface area contributed by atoms with E-state index in [1.54, 1.807) is 13.2 Å². The highest BCUT2D eigenvalue weighted by Crippen LogP contribution is 2.32. The maximum Gasteiger partial charge on any atom is 0.187 e. The minimum atomic E-state index is -0.330. The first kappa shape index (κ1) is 15.5. The molecule has 2 heterocycles. The maximum atomic E-state index is 13.4. The Hall–Kier alpha value is -2.41. The van der Waals surface area contributed by atoms with E-state index in [1.165, 1.54) is 23.5 Å². The maximum absolute atomic E-state index is 13.4. The van der Waals surface area contributed by atoms with Gasteiger partial charge in [-0.1, -0.05) is 0 Å². The second-order valence-electron chi connectivity index (χ2n) is 5.16. The number of rotatable bonds is 4. The van der Waals surface area contributed by atoms with E-state index in [9.17, 15) is 4.39 Å². The molecule has 0 atom stereocenters. The molecule has 0 saturated heterocycles. The van der Waals surface area contributed by atoms with Crippen LogP contribution in [0.4, 0.5) is 15.2 Å². The molecule has 1 N–H and O–H groups in total. The van der Waals surface area contributed by atoms with Gasteiger partial charge in [-0.05, 0) is 26.0 Å². The van der Waals surface area contributed by atoms with Gasteiger partial charge >= 0.3 is 0 Å². The van der Waals surface area contributed by atoms with Crippen molar-refractivity contribution < 1.29 is 9.13 Å². The average Bonchev–Trinajstić information content (AvgIpc) is 3.04. The van der Waals surface area contributed by atoms with Gasteiger partial charge in [0.05, 0.1) is 24.2 Å². The summed E-state index contributed by atoms with van der Waals surface area (Å²) in [5, 5.41) is 5.74. The Bertz CT molecular complexity index is 856. The van der Waals surface area contributed by atoms with Crippen LogP contribution in [-0.4, -0.2) is 21.6 Å². The lowest BCUT2D eigenvalue weighted by Crippen LogP contribution is -1.97. The van der Waals surface area contributed by atoms with Gasteiger partial charge in [0.15, 0.2) is 5.13 Å². The number of methoxy groups -OCH3 is 1. The van der Waals surface area contributed by atoms with Crippen molar-refractivity contribution in [3.05, 3.63) is 40.9 Å². The van der Waals surface area contributed by atoms with Gasteiger partial charge in [-0.3, -0.25) is 0 Å². The van der Waals surface area contributed by atoms with Gasteiger partial charge in [-0.2, -0.15) is 0 Å². The first-order chi connectivity index (χ1) is 11.0. The zero-order chi connectivity index (χ0) is 16.6. The Morgan fingerprint density at radius 3 is 2.70 bits per heavy atom. The summed E-state index contributed by atoms with van der Waals surface area (Å²) in [7, 11) is 3.51. The average molecular weight is 332 g/mol. The molecular formula is C16H17FN4OS. The molecule has 5 nitrogen and oxygen atoms in total. The van der Waals surface area contributed by atoms with Gasteiger partial charge in [0.2, 0.25) is 0 Å². The number of hydrogen-bond acceptors (Lipinski definition) is 5. The van der Waals surface area contributed by atoms with E-state index in [2.05, 4.69) is 15.3 Å². The fourth-order valence-corrected chi connectivity index (χ4v) is 3.17. The molecule has 0 saturated carbocycles. The molecule has 0 fully saturated rings.